The van der Waals surface area contributed by atoms with Crippen molar-refractivity contribution in [3.8, 4) is 5.88 Å². The second-order valence-corrected chi connectivity index (χ2v) is 4.81. The minimum absolute atomic E-state index is 0.374. The standard InChI is InChI=1S/C13H22N4O/c1-3-6-18-13-7-12(15-9-16-13)17(2)11(8-14)10-4-5-10/h7,9-11H,3-6,8,14H2,1-2H3. The van der Waals surface area contributed by atoms with Crippen LogP contribution in [0.1, 0.15) is 26.2 Å². The van der Waals surface area contributed by atoms with Crippen molar-refractivity contribution >= 4 is 5.82 Å². The summed E-state index contributed by atoms with van der Waals surface area (Å²) in [4.78, 5) is 10.6. The largest absolute Gasteiger partial charge is 0.478 e. The Labute approximate surface area is 108 Å². The van der Waals surface area contributed by atoms with E-state index in [-0.39, 0.29) is 0 Å². The van der Waals surface area contributed by atoms with Crippen molar-refractivity contribution in [2.24, 2.45) is 11.7 Å². The maximum atomic E-state index is 5.85. The summed E-state index contributed by atoms with van der Waals surface area (Å²) in [5.74, 6) is 2.24. The zero-order chi connectivity index (χ0) is 13.0. The van der Waals surface area contributed by atoms with Gasteiger partial charge in [-0.2, -0.15) is 0 Å². The van der Waals surface area contributed by atoms with Crippen LogP contribution in [-0.2, 0) is 0 Å². The zero-order valence-electron chi connectivity index (χ0n) is 11.2. The number of nitrogens with two attached hydrogens (primary N) is 1. The SMILES string of the molecule is CCCOc1cc(N(C)C(CN)C2CC2)ncn1. The molecule has 5 nitrogen and oxygen atoms in total. The van der Waals surface area contributed by atoms with Gasteiger partial charge in [0.15, 0.2) is 0 Å². The van der Waals surface area contributed by atoms with Crippen LogP contribution in [0.2, 0.25) is 0 Å². The van der Waals surface area contributed by atoms with Gasteiger partial charge in [0.05, 0.1) is 6.61 Å². The molecule has 5 heteroatoms. The summed E-state index contributed by atoms with van der Waals surface area (Å²) >= 11 is 0. The van der Waals surface area contributed by atoms with Crippen molar-refractivity contribution < 1.29 is 4.74 Å². The molecule has 1 atom stereocenters. The number of ether oxygens (including phenoxy) is 1. The number of likely N-dealkylation sites (N-methyl/N-ethyl adjacent to an activating group) is 1. The number of aromatic nitrogens is 2. The van der Waals surface area contributed by atoms with Crippen molar-refractivity contribution in [1.29, 1.82) is 0 Å². The Morgan fingerprint density at radius 1 is 1.50 bits per heavy atom. The fourth-order valence-electron chi connectivity index (χ4n) is 2.13. The topological polar surface area (TPSA) is 64.3 Å². The average molecular weight is 250 g/mol. The molecule has 0 amide bonds. The first-order chi connectivity index (χ1) is 8.76. The van der Waals surface area contributed by atoms with Gasteiger partial charge >= 0.3 is 0 Å². The first-order valence-corrected chi connectivity index (χ1v) is 6.64. The lowest BCUT2D eigenvalue weighted by Crippen LogP contribution is -2.40. The van der Waals surface area contributed by atoms with Crippen LogP contribution < -0.4 is 15.4 Å². The van der Waals surface area contributed by atoms with Crippen LogP contribution in [-0.4, -0.2) is 36.2 Å². The molecule has 0 aliphatic heterocycles. The molecule has 0 spiro atoms. The highest BCUT2D eigenvalue weighted by Gasteiger charge is 2.33. The number of hydrogen-bond donors (Lipinski definition) is 1. The molecular formula is C13H22N4O. The Hall–Kier alpha value is -1.36. The van der Waals surface area contributed by atoms with Gasteiger partial charge in [0.25, 0.3) is 0 Å². The molecule has 1 aromatic rings. The molecule has 2 rings (SSSR count). The van der Waals surface area contributed by atoms with Gasteiger partial charge in [-0.05, 0) is 25.2 Å². The van der Waals surface area contributed by atoms with Crippen LogP contribution in [0.5, 0.6) is 5.88 Å². The molecule has 0 saturated heterocycles. The van der Waals surface area contributed by atoms with Crippen molar-refractivity contribution in [2.45, 2.75) is 32.2 Å². The lowest BCUT2D eigenvalue weighted by Gasteiger charge is -2.28. The van der Waals surface area contributed by atoms with E-state index in [4.69, 9.17) is 10.5 Å². The lowest BCUT2D eigenvalue weighted by atomic mass is 10.1. The van der Waals surface area contributed by atoms with E-state index in [1.54, 1.807) is 6.33 Å². The van der Waals surface area contributed by atoms with Crippen LogP contribution >= 0.6 is 0 Å². The highest BCUT2D eigenvalue weighted by atomic mass is 16.5. The summed E-state index contributed by atoms with van der Waals surface area (Å²) in [7, 11) is 2.04. The number of anilines is 1. The first kappa shape index (κ1) is 13.1. The highest BCUT2D eigenvalue weighted by molar-refractivity contribution is 5.41. The summed E-state index contributed by atoms with van der Waals surface area (Å²) in [5, 5.41) is 0. The number of nitrogens with zero attached hydrogens (tertiary/aromatic N) is 3. The Balaban J connectivity index is 2.06. The van der Waals surface area contributed by atoms with Gasteiger partial charge in [-0.3, -0.25) is 0 Å². The molecule has 1 fully saturated rings. The smallest absolute Gasteiger partial charge is 0.218 e. The van der Waals surface area contributed by atoms with Gasteiger partial charge in [-0.1, -0.05) is 6.92 Å². The van der Waals surface area contributed by atoms with Crippen molar-refractivity contribution in [2.75, 3.05) is 25.1 Å². The van der Waals surface area contributed by atoms with E-state index in [1.165, 1.54) is 12.8 Å². The third-order valence-corrected chi connectivity index (χ3v) is 3.35. The zero-order valence-corrected chi connectivity index (χ0v) is 11.2. The molecular weight excluding hydrogens is 228 g/mol. The lowest BCUT2D eigenvalue weighted by molar-refractivity contribution is 0.304. The molecule has 1 unspecified atom stereocenters. The van der Waals surface area contributed by atoms with Crippen molar-refractivity contribution in [1.82, 2.24) is 9.97 Å². The fourth-order valence-corrected chi connectivity index (χ4v) is 2.13. The maximum absolute atomic E-state index is 5.85. The second-order valence-electron chi connectivity index (χ2n) is 4.81. The van der Waals surface area contributed by atoms with Gasteiger partial charge in [0, 0.05) is 25.7 Å². The molecule has 1 heterocycles. The minimum Gasteiger partial charge on any atom is -0.478 e. The van der Waals surface area contributed by atoms with Gasteiger partial charge in [-0.25, -0.2) is 9.97 Å². The Kier molecular flexibility index (Phi) is 4.36. The Morgan fingerprint density at radius 2 is 2.28 bits per heavy atom. The van der Waals surface area contributed by atoms with Crippen LogP contribution in [0.15, 0.2) is 12.4 Å². The normalized spacial score (nSPS) is 16.4. The van der Waals surface area contributed by atoms with E-state index >= 15 is 0 Å². The molecule has 1 aliphatic rings. The second kappa shape index (κ2) is 6.00. The van der Waals surface area contributed by atoms with Gasteiger partial charge in [-0.15, -0.1) is 0 Å². The van der Waals surface area contributed by atoms with Crippen molar-refractivity contribution in [3.05, 3.63) is 12.4 Å². The van der Waals surface area contributed by atoms with Crippen LogP contribution in [0, 0.1) is 5.92 Å². The molecule has 1 saturated carbocycles. The van der Waals surface area contributed by atoms with E-state index < -0.39 is 0 Å². The summed E-state index contributed by atoms with van der Waals surface area (Å²) in [6.07, 6.45) is 5.08. The minimum atomic E-state index is 0.374. The summed E-state index contributed by atoms with van der Waals surface area (Å²) in [5.41, 5.74) is 5.85. The summed E-state index contributed by atoms with van der Waals surface area (Å²) in [6, 6.07) is 2.26. The summed E-state index contributed by atoms with van der Waals surface area (Å²) in [6.45, 7) is 3.42. The van der Waals surface area contributed by atoms with Crippen molar-refractivity contribution in [3.63, 3.8) is 0 Å². The molecule has 1 aliphatic carbocycles. The molecule has 100 valence electrons. The number of rotatable bonds is 7. The predicted octanol–water partition coefficient (Wildman–Crippen LogP) is 1.44. The quantitative estimate of drug-likeness (QED) is 0.793. The fraction of sp³-hybridized carbons (Fsp3) is 0.692. The predicted molar refractivity (Wildman–Crippen MR) is 71.8 cm³/mol. The molecule has 0 bridgehead atoms. The van der Waals surface area contributed by atoms with E-state index in [0.29, 0.717) is 25.1 Å². The van der Waals surface area contributed by atoms with E-state index in [9.17, 15) is 0 Å². The first-order valence-electron chi connectivity index (χ1n) is 6.64. The highest BCUT2D eigenvalue weighted by Crippen LogP contribution is 2.35. The number of hydrogen-bond acceptors (Lipinski definition) is 5. The maximum Gasteiger partial charge on any atom is 0.218 e. The van der Waals surface area contributed by atoms with E-state index in [0.717, 1.165) is 18.2 Å². The summed E-state index contributed by atoms with van der Waals surface area (Å²) < 4.78 is 5.53. The van der Waals surface area contributed by atoms with Gasteiger partial charge < -0.3 is 15.4 Å². The monoisotopic (exact) mass is 250 g/mol. The molecule has 2 N–H and O–H groups in total. The van der Waals surface area contributed by atoms with Crippen LogP contribution in [0.25, 0.3) is 0 Å². The third kappa shape index (κ3) is 3.10. The third-order valence-electron chi connectivity index (χ3n) is 3.35. The van der Waals surface area contributed by atoms with Gasteiger partial charge in [0.2, 0.25) is 5.88 Å². The molecule has 0 aromatic carbocycles. The average Bonchev–Trinajstić information content (AvgIpc) is 3.22. The van der Waals surface area contributed by atoms with Crippen LogP contribution in [0.3, 0.4) is 0 Å². The Morgan fingerprint density at radius 3 is 2.89 bits per heavy atom. The molecule has 18 heavy (non-hydrogen) atoms. The van der Waals surface area contributed by atoms with Gasteiger partial charge in [0.1, 0.15) is 12.1 Å². The molecule has 1 aromatic heterocycles. The Bertz CT molecular complexity index is 381. The van der Waals surface area contributed by atoms with Crippen LogP contribution in [0.4, 0.5) is 5.82 Å². The molecule has 0 radical (unpaired) electrons. The van der Waals surface area contributed by atoms with E-state index in [2.05, 4.69) is 21.8 Å². The van der Waals surface area contributed by atoms with E-state index in [1.807, 2.05) is 13.1 Å².